The van der Waals surface area contributed by atoms with Crippen LogP contribution in [0.4, 0.5) is 5.69 Å². The zero-order chi connectivity index (χ0) is 27.3. The number of alkyl halides is 3. The van der Waals surface area contributed by atoms with Crippen molar-refractivity contribution in [2.45, 2.75) is 16.4 Å². The number of ether oxygens (including phenoxy) is 1. The molecule has 0 saturated carbocycles. The fraction of sp³-hybridized carbons (Fsp3) is 0.231. The van der Waals surface area contributed by atoms with Crippen LogP contribution in [0.2, 0.25) is 0 Å². The van der Waals surface area contributed by atoms with Gasteiger partial charge < -0.3 is 25.0 Å². The van der Waals surface area contributed by atoms with Gasteiger partial charge in [-0.3, -0.25) is 9.78 Å². The zero-order valence-electron chi connectivity index (χ0n) is 19.9. The molecule has 2 aromatic carbocycles. The third-order valence-electron chi connectivity index (χ3n) is 5.73. The number of rotatable bonds is 8. The quantitative estimate of drug-likeness (QED) is 0.214. The Bertz CT molecular complexity index is 1360. The van der Waals surface area contributed by atoms with Crippen LogP contribution in [0.5, 0.6) is 5.75 Å². The molecule has 198 valence electrons. The SMILES string of the molecule is O=C(O)COc1ccc(/C=C/C(=O)NC(N2CCCN(c3cccc4cccnc34)C2=S)C(Cl)(Cl)Cl)cc1. The number of amides is 1. The van der Waals surface area contributed by atoms with Crippen LogP contribution in [0.15, 0.2) is 66.9 Å². The number of thiocarbonyl (C=S) groups is 1. The number of carboxylic acids is 1. The first-order valence-electron chi connectivity index (χ1n) is 11.6. The molecule has 1 amide bonds. The van der Waals surface area contributed by atoms with Crippen LogP contribution in [0.3, 0.4) is 0 Å². The number of hydrogen-bond acceptors (Lipinski definition) is 5. The van der Waals surface area contributed by atoms with Crippen LogP contribution in [0, 0.1) is 0 Å². The molecule has 0 spiro atoms. The fourth-order valence-corrected chi connectivity index (χ4v) is 4.93. The van der Waals surface area contributed by atoms with Gasteiger partial charge in [0.25, 0.3) is 0 Å². The summed E-state index contributed by atoms with van der Waals surface area (Å²) in [6.07, 6.45) is 4.30. The second-order valence-corrected chi connectivity index (χ2v) is 11.1. The number of carbonyl (C=O) groups is 2. The average Bonchev–Trinajstić information content (AvgIpc) is 2.89. The number of nitrogens with one attached hydrogen (secondary N) is 1. The minimum absolute atomic E-state index is 0.398. The zero-order valence-corrected chi connectivity index (χ0v) is 23.0. The molecule has 38 heavy (non-hydrogen) atoms. The van der Waals surface area contributed by atoms with Gasteiger partial charge in [0.15, 0.2) is 17.9 Å². The Morgan fingerprint density at radius 3 is 2.58 bits per heavy atom. The first kappa shape index (κ1) is 27.9. The van der Waals surface area contributed by atoms with E-state index in [9.17, 15) is 9.59 Å². The van der Waals surface area contributed by atoms with E-state index in [1.54, 1.807) is 41.4 Å². The van der Waals surface area contributed by atoms with Gasteiger partial charge in [-0.25, -0.2) is 4.79 Å². The monoisotopic (exact) mass is 592 g/mol. The highest BCUT2D eigenvalue weighted by molar-refractivity contribution is 7.80. The number of aliphatic carboxylic acids is 1. The van der Waals surface area contributed by atoms with Crippen molar-refractivity contribution in [3.8, 4) is 5.75 Å². The number of benzene rings is 2. The number of nitrogens with zero attached hydrogens (tertiary/aromatic N) is 3. The summed E-state index contributed by atoms with van der Waals surface area (Å²) in [5.41, 5.74) is 2.33. The summed E-state index contributed by atoms with van der Waals surface area (Å²) in [7, 11) is 0. The van der Waals surface area contributed by atoms with E-state index >= 15 is 0 Å². The van der Waals surface area contributed by atoms with E-state index in [1.165, 1.54) is 6.08 Å². The summed E-state index contributed by atoms with van der Waals surface area (Å²) < 4.78 is 3.23. The molecule has 2 heterocycles. The summed E-state index contributed by atoms with van der Waals surface area (Å²) in [6, 6.07) is 16.3. The number of halogens is 3. The third kappa shape index (κ3) is 6.85. The molecule has 1 unspecified atom stereocenters. The number of anilines is 1. The Morgan fingerprint density at radius 2 is 1.87 bits per heavy atom. The van der Waals surface area contributed by atoms with Gasteiger partial charge in [-0.1, -0.05) is 65.1 Å². The molecule has 8 nitrogen and oxygen atoms in total. The molecule has 1 fully saturated rings. The number of pyridine rings is 1. The highest BCUT2D eigenvalue weighted by Gasteiger charge is 2.42. The Morgan fingerprint density at radius 1 is 1.13 bits per heavy atom. The topological polar surface area (TPSA) is 95.0 Å². The number of aromatic nitrogens is 1. The lowest BCUT2D eigenvalue weighted by molar-refractivity contribution is -0.139. The number of carboxylic acid groups (broad SMARTS) is 1. The van der Waals surface area contributed by atoms with Crippen molar-refractivity contribution in [1.29, 1.82) is 0 Å². The molecule has 0 aliphatic carbocycles. The second kappa shape index (κ2) is 12.2. The van der Waals surface area contributed by atoms with Crippen LogP contribution < -0.4 is 15.0 Å². The predicted octanol–water partition coefficient (Wildman–Crippen LogP) is 5.02. The van der Waals surface area contributed by atoms with Crippen molar-refractivity contribution in [1.82, 2.24) is 15.2 Å². The Labute approximate surface area is 239 Å². The van der Waals surface area contributed by atoms with E-state index in [4.69, 9.17) is 56.9 Å². The van der Waals surface area contributed by atoms with Crippen LogP contribution in [0.25, 0.3) is 17.0 Å². The van der Waals surface area contributed by atoms with E-state index in [0.717, 1.165) is 16.6 Å². The molecule has 1 aliphatic rings. The summed E-state index contributed by atoms with van der Waals surface area (Å²) in [5, 5.41) is 12.9. The Hall–Kier alpha value is -3.11. The number of hydrogen-bond donors (Lipinski definition) is 2. The first-order chi connectivity index (χ1) is 18.1. The molecule has 3 aromatic rings. The molecule has 0 bridgehead atoms. The lowest BCUT2D eigenvalue weighted by Crippen LogP contribution is -2.62. The van der Waals surface area contributed by atoms with E-state index in [2.05, 4.69) is 10.3 Å². The molecule has 4 rings (SSSR count). The standard InChI is InChI=1S/C26H23Cl3N4O4S/c27-26(28,29)24(31-21(34)12-9-17-7-10-19(11-8-17)37-16-22(35)36)33-15-3-14-32(25(33)38)20-6-1-4-18-5-2-13-30-23(18)20/h1-2,4-13,24H,3,14-16H2,(H,31,34)(H,35,36)/b12-9+. The third-order valence-corrected chi connectivity index (χ3v) is 6.80. The van der Waals surface area contributed by atoms with Crippen LogP contribution in [-0.4, -0.2) is 61.6 Å². The molecular weight excluding hydrogens is 571 g/mol. The lowest BCUT2D eigenvalue weighted by atomic mass is 10.1. The summed E-state index contributed by atoms with van der Waals surface area (Å²) in [6.45, 7) is 0.689. The average molecular weight is 594 g/mol. The van der Waals surface area contributed by atoms with E-state index in [-0.39, 0.29) is 0 Å². The summed E-state index contributed by atoms with van der Waals surface area (Å²) in [5.74, 6) is -1.16. The lowest BCUT2D eigenvalue weighted by Gasteiger charge is -2.44. The fourth-order valence-electron chi connectivity index (χ4n) is 4.03. The maximum Gasteiger partial charge on any atom is 0.341 e. The maximum absolute atomic E-state index is 12.8. The highest BCUT2D eigenvalue weighted by atomic mass is 35.6. The molecule has 2 N–H and O–H groups in total. The minimum Gasteiger partial charge on any atom is -0.482 e. The van der Waals surface area contributed by atoms with Gasteiger partial charge >= 0.3 is 5.97 Å². The van der Waals surface area contributed by atoms with E-state index in [0.29, 0.717) is 35.9 Å². The van der Waals surface area contributed by atoms with E-state index < -0.39 is 28.4 Å². The smallest absolute Gasteiger partial charge is 0.341 e. The van der Waals surface area contributed by atoms with Crippen molar-refractivity contribution in [3.63, 3.8) is 0 Å². The molecule has 1 aromatic heterocycles. The first-order valence-corrected chi connectivity index (χ1v) is 13.1. The molecular formula is C26H23Cl3N4O4S. The molecule has 0 radical (unpaired) electrons. The number of carbonyl (C=O) groups excluding carboxylic acids is 1. The number of fused-ring (bicyclic) bond motifs is 1. The van der Waals surface area contributed by atoms with Gasteiger partial charge in [0.05, 0.1) is 11.2 Å². The normalized spacial score (nSPS) is 15.1. The second-order valence-electron chi connectivity index (χ2n) is 8.37. The predicted molar refractivity (Wildman–Crippen MR) is 154 cm³/mol. The van der Waals surface area contributed by atoms with Crippen LogP contribution in [0.1, 0.15) is 12.0 Å². The van der Waals surface area contributed by atoms with Gasteiger partial charge in [-0.05, 0) is 54.5 Å². The molecule has 1 atom stereocenters. The van der Waals surface area contributed by atoms with Gasteiger partial charge in [0, 0.05) is 30.7 Å². The molecule has 1 aliphatic heterocycles. The van der Waals surface area contributed by atoms with E-state index in [1.807, 2.05) is 35.2 Å². The summed E-state index contributed by atoms with van der Waals surface area (Å²) >= 11 is 24.8. The van der Waals surface area contributed by atoms with Crippen molar-refractivity contribution >= 4 is 86.7 Å². The Balaban J connectivity index is 1.49. The minimum atomic E-state index is -1.88. The highest BCUT2D eigenvalue weighted by Crippen LogP contribution is 2.35. The van der Waals surface area contributed by atoms with Crippen molar-refractivity contribution in [3.05, 3.63) is 72.4 Å². The molecule has 1 saturated heterocycles. The number of para-hydroxylation sites is 1. The van der Waals surface area contributed by atoms with Crippen molar-refractivity contribution in [2.24, 2.45) is 0 Å². The summed E-state index contributed by atoms with van der Waals surface area (Å²) in [4.78, 5) is 31.6. The van der Waals surface area contributed by atoms with Crippen LogP contribution in [-0.2, 0) is 9.59 Å². The van der Waals surface area contributed by atoms with Gasteiger partial charge in [0.1, 0.15) is 5.75 Å². The maximum atomic E-state index is 12.8. The van der Waals surface area contributed by atoms with Gasteiger partial charge in [-0.2, -0.15) is 0 Å². The van der Waals surface area contributed by atoms with Crippen molar-refractivity contribution < 1.29 is 19.4 Å². The largest absolute Gasteiger partial charge is 0.482 e. The van der Waals surface area contributed by atoms with Crippen LogP contribution >= 0.6 is 47.0 Å². The van der Waals surface area contributed by atoms with Crippen molar-refractivity contribution in [2.75, 3.05) is 24.6 Å². The molecule has 12 heteroatoms. The Kier molecular flexibility index (Phi) is 8.94. The van der Waals surface area contributed by atoms with Gasteiger partial charge in [-0.15, -0.1) is 0 Å². The van der Waals surface area contributed by atoms with Gasteiger partial charge in [0.2, 0.25) is 9.70 Å².